The van der Waals surface area contributed by atoms with Crippen molar-refractivity contribution in [3.8, 4) is 0 Å². The van der Waals surface area contributed by atoms with Gasteiger partial charge in [-0.25, -0.2) is 8.42 Å². The maximum Gasteiger partial charge on any atom is 0.243 e. The molecule has 0 aliphatic heterocycles. The summed E-state index contributed by atoms with van der Waals surface area (Å²) in [5.41, 5.74) is 2.64. The molecular formula is C14H17NO3S. The van der Waals surface area contributed by atoms with Gasteiger partial charge in [-0.15, -0.1) is 0 Å². The summed E-state index contributed by atoms with van der Waals surface area (Å²) in [5.74, 6) is 0. The van der Waals surface area contributed by atoms with Crippen LogP contribution in [0.1, 0.15) is 16.7 Å². The molecule has 0 amide bonds. The second kappa shape index (κ2) is 5.19. The van der Waals surface area contributed by atoms with Crippen LogP contribution in [0.15, 0.2) is 46.1 Å². The number of aryl methyl sites for hydroxylation is 2. The molecule has 0 N–H and O–H groups in total. The van der Waals surface area contributed by atoms with Crippen LogP contribution in [0.4, 0.5) is 0 Å². The molecule has 0 aliphatic rings. The molecule has 0 spiro atoms. The first-order valence-corrected chi connectivity index (χ1v) is 7.40. The van der Waals surface area contributed by atoms with Crippen molar-refractivity contribution >= 4 is 10.0 Å². The summed E-state index contributed by atoms with van der Waals surface area (Å²) in [7, 11) is -1.90. The maximum atomic E-state index is 12.5. The molecule has 2 aromatic rings. The highest BCUT2D eigenvalue weighted by Gasteiger charge is 2.22. The fourth-order valence-corrected chi connectivity index (χ4v) is 3.34. The van der Waals surface area contributed by atoms with Crippen molar-refractivity contribution in [2.45, 2.75) is 25.3 Å². The van der Waals surface area contributed by atoms with Gasteiger partial charge in [0, 0.05) is 19.2 Å². The van der Waals surface area contributed by atoms with Crippen molar-refractivity contribution in [2.75, 3.05) is 7.05 Å². The predicted octanol–water partition coefficient (Wildman–Crippen LogP) is 2.72. The van der Waals surface area contributed by atoms with Gasteiger partial charge in [-0.3, -0.25) is 0 Å². The molecule has 1 aromatic carbocycles. The molecule has 102 valence electrons. The Labute approximate surface area is 113 Å². The van der Waals surface area contributed by atoms with Gasteiger partial charge in [0.25, 0.3) is 0 Å². The zero-order chi connectivity index (χ0) is 14.0. The number of rotatable bonds is 4. The molecule has 0 fully saturated rings. The van der Waals surface area contributed by atoms with Gasteiger partial charge < -0.3 is 4.42 Å². The van der Waals surface area contributed by atoms with Crippen LogP contribution in [0.3, 0.4) is 0 Å². The third-order valence-corrected chi connectivity index (χ3v) is 4.97. The van der Waals surface area contributed by atoms with E-state index in [0.717, 1.165) is 16.7 Å². The van der Waals surface area contributed by atoms with Gasteiger partial charge in [-0.05, 0) is 31.5 Å². The lowest BCUT2D eigenvalue weighted by molar-refractivity contribution is 0.463. The molecule has 0 bridgehead atoms. The Balaban J connectivity index is 2.31. The topological polar surface area (TPSA) is 50.5 Å². The van der Waals surface area contributed by atoms with Gasteiger partial charge in [0.05, 0.1) is 17.4 Å². The molecular weight excluding hydrogens is 262 g/mol. The highest BCUT2D eigenvalue weighted by molar-refractivity contribution is 7.89. The van der Waals surface area contributed by atoms with Gasteiger partial charge >= 0.3 is 0 Å². The third kappa shape index (κ3) is 2.88. The summed E-state index contributed by atoms with van der Waals surface area (Å²) >= 11 is 0. The molecule has 0 atom stereocenters. The minimum atomic E-state index is -3.47. The van der Waals surface area contributed by atoms with E-state index >= 15 is 0 Å². The van der Waals surface area contributed by atoms with E-state index < -0.39 is 10.0 Å². The van der Waals surface area contributed by atoms with Crippen LogP contribution < -0.4 is 0 Å². The first-order chi connectivity index (χ1) is 8.91. The maximum absolute atomic E-state index is 12.5. The second-order valence-electron chi connectivity index (χ2n) is 4.66. The van der Waals surface area contributed by atoms with Crippen LogP contribution in [0, 0.1) is 13.8 Å². The predicted molar refractivity (Wildman–Crippen MR) is 73.3 cm³/mol. The SMILES string of the molecule is Cc1ccc(S(=O)(=O)N(C)Cc2ccoc2)c(C)c1. The fraction of sp³-hybridized carbons (Fsp3) is 0.286. The first-order valence-electron chi connectivity index (χ1n) is 5.96. The molecule has 0 saturated carbocycles. The van der Waals surface area contributed by atoms with Gasteiger partial charge in [0.2, 0.25) is 10.0 Å². The largest absolute Gasteiger partial charge is 0.472 e. The Morgan fingerprint density at radius 3 is 2.53 bits per heavy atom. The highest BCUT2D eigenvalue weighted by Crippen LogP contribution is 2.21. The van der Waals surface area contributed by atoms with Crippen molar-refractivity contribution < 1.29 is 12.8 Å². The van der Waals surface area contributed by atoms with E-state index in [0.29, 0.717) is 11.4 Å². The van der Waals surface area contributed by atoms with Gasteiger partial charge in [0.1, 0.15) is 0 Å². The summed E-state index contributed by atoms with van der Waals surface area (Å²) in [6, 6.07) is 7.10. The average molecular weight is 279 g/mol. The Morgan fingerprint density at radius 1 is 1.21 bits per heavy atom. The van der Waals surface area contributed by atoms with Crippen LogP contribution in [-0.4, -0.2) is 19.8 Å². The molecule has 2 rings (SSSR count). The number of hydrogen-bond donors (Lipinski definition) is 0. The summed E-state index contributed by atoms with van der Waals surface area (Å²) in [5, 5.41) is 0. The molecule has 5 heteroatoms. The molecule has 0 saturated heterocycles. The quantitative estimate of drug-likeness (QED) is 0.864. The smallest absolute Gasteiger partial charge is 0.243 e. The van der Waals surface area contributed by atoms with Crippen molar-refractivity contribution in [1.82, 2.24) is 4.31 Å². The van der Waals surface area contributed by atoms with Crippen LogP contribution in [0.2, 0.25) is 0 Å². The minimum absolute atomic E-state index is 0.298. The van der Waals surface area contributed by atoms with E-state index in [2.05, 4.69) is 0 Å². The van der Waals surface area contributed by atoms with Crippen LogP contribution in [0.25, 0.3) is 0 Å². The molecule has 19 heavy (non-hydrogen) atoms. The third-order valence-electron chi connectivity index (χ3n) is 3.00. The lowest BCUT2D eigenvalue weighted by atomic mass is 10.2. The normalized spacial score (nSPS) is 12.0. The van der Waals surface area contributed by atoms with Gasteiger partial charge in [-0.1, -0.05) is 17.7 Å². The van der Waals surface area contributed by atoms with E-state index in [9.17, 15) is 8.42 Å². The number of furan rings is 1. The lowest BCUT2D eigenvalue weighted by Crippen LogP contribution is -2.27. The minimum Gasteiger partial charge on any atom is -0.472 e. The number of nitrogens with zero attached hydrogens (tertiary/aromatic N) is 1. The van der Waals surface area contributed by atoms with E-state index in [-0.39, 0.29) is 0 Å². The molecule has 1 heterocycles. The van der Waals surface area contributed by atoms with E-state index in [1.165, 1.54) is 10.6 Å². The molecule has 4 nitrogen and oxygen atoms in total. The van der Waals surface area contributed by atoms with Crippen LogP contribution >= 0.6 is 0 Å². The van der Waals surface area contributed by atoms with Gasteiger partial charge in [0.15, 0.2) is 0 Å². The summed E-state index contributed by atoms with van der Waals surface area (Å²) in [4.78, 5) is 0.351. The summed E-state index contributed by atoms with van der Waals surface area (Å²) in [6.07, 6.45) is 3.08. The monoisotopic (exact) mass is 279 g/mol. The van der Waals surface area contributed by atoms with Crippen molar-refractivity contribution in [3.05, 3.63) is 53.5 Å². The lowest BCUT2D eigenvalue weighted by Gasteiger charge is -2.18. The van der Waals surface area contributed by atoms with Crippen molar-refractivity contribution in [2.24, 2.45) is 0 Å². The fourth-order valence-electron chi connectivity index (χ4n) is 1.98. The van der Waals surface area contributed by atoms with Crippen molar-refractivity contribution in [3.63, 3.8) is 0 Å². The van der Waals surface area contributed by atoms with Crippen LogP contribution in [0.5, 0.6) is 0 Å². The van der Waals surface area contributed by atoms with E-state index in [1.54, 1.807) is 25.4 Å². The molecule has 0 radical (unpaired) electrons. The zero-order valence-corrected chi connectivity index (χ0v) is 12.1. The van der Waals surface area contributed by atoms with Crippen molar-refractivity contribution in [1.29, 1.82) is 0 Å². The average Bonchev–Trinajstić information content (AvgIpc) is 2.81. The number of sulfonamides is 1. The summed E-state index contributed by atoms with van der Waals surface area (Å²) < 4.78 is 31.3. The molecule has 0 unspecified atom stereocenters. The Kier molecular flexibility index (Phi) is 3.78. The Hall–Kier alpha value is -1.59. The Bertz CT molecular complexity index is 660. The molecule has 1 aromatic heterocycles. The van der Waals surface area contributed by atoms with Gasteiger partial charge in [-0.2, -0.15) is 4.31 Å². The second-order valence-corrected chi connectivity index (χ2v) is 6.67. The standard InChI is InChI=1S/C14H17NO3S/c1-11-4-5-14(12(2)8-11)19(16,17)15(3)9-13-6-7-18-10-13/h4-8,10H,9H2,1-3H3. The Morgan fingerprint density at radius 2 is 1.95 bits per heavy atom. The van der Waals surface area contributed by atoms with Crippen LogP contribution in [-0.2, 0) is 16.6 Å². The highest BCUT2D eigenvalue weighted by atomic mass is 32.2. The number of benzene rings is 1. The number of hydrogen-bond acceptors (Lipinski definition) is 3. The van der Waals surface area contributed by atoms with E-state index in [1.807, 2.05) is 26.0 Å². The van der Waals surface area contributed by atoms with E-state index in [4.69, 9.17) is 4.42 Å². The molecule has 0 aliphatic carbocycles. The summed E-state index contributed by atoms with van der Waals surface area (Å²) in [6.45, 7) is 4.05. The zero-order valence-electron chi connectivity index (χ0n) is 11.3. The first kappa shape index (κ1) is 13.8.